The smallest absolute Gasteiger partial charge is 0.378 e. The van der Waals surface area contributed by atoms with E-state index in [0.29, 0.717) is 49.3 Å². The largest absolute Gasteiger partial charge is 0.417 e. The number of nitrogens with zero attached hydrogens (tertiary/aromatic N) is 2. The van der Waals surface area contributed by atoms with Gasteiger partial charge in [0, 0.05) is 35.8 Å². The third-order valence-corrected chi connectivity index (χ3v) is 6.80. The number of benzene rings is 3. The summed E-state index contributed by atoms with van der Waals surface area (Å²) in [5.41, 5.74) is -2.73. The Bertz CT molecular complexity index is 1710. The molecule has 14 heteroatoms. The first-order valence-corrected chi connectivity index (χ1v) is 12.7. The summed E-state index contributed by atoms with van der Waals surface area (Å²) in [6, 6.07) is 7.34. The number of urea groups is 1. The Kier molecular flexibility index (Phi) is 7.97. The molecule has 1 aromatic heterocycles. The first kappa shape index (κ1) is 29.1. The van der Waals surface area contributed by atoms with Crippen molar-refractivity contribution in [1.82, 2.24) is 4.98 Å². The number of amides is 2. The van der Waals surface area contributed by atoms with Gasteiger partial charge >= 0.3 is 12.2 Å². The Balaban J connectivity index is 1.42. The van der Waals surface area contributed by atoms with Crippen LogP contribution in [0.1, 0.15) is 21.5 Å². The van der Waals surface area contributed by atoms with Gasteiger partial charge in [0.05, 0.1) is 52.5 Å². The molecule has 0 bridgehead atoms. The molecule has 42 heavy (non-hydrogen) atoms. The number of hydrogen-bond donors (Lipinski definition) is 2. The Morgan fingerprint density at radius 2 is 1.67 bits per heavy atom. The number of ketones is 1. The van der Waals surface area contributed by atoms with Gasteiger partial charge in [-0.05, 0) is 42.5 Å². The molecule has 2 amide bonds. The SMILES string of the molecule is O=C(Nc1ccc(Cl)c(C(F)(F)F)c1)Nc1cc(F)c(F)c(C(=O)c2ccc3ncc(N4CCOCC4)cc3c2)c1F. The van der Waals surface area contributed by atoms with E-state index in [1.807, 2.05) is 15.5 Å². The first-order valence-electron chi connectivity index (χ1n) is 12.3. The molecule has 1 aliphatic heterocycles. The van der Waals surface area contributed by atoms with Crippen molar-refractivity contribution in [3.63, 3.8) is 0 Å². The van der Waals surface area contributed by atoms with Gasteiger partial charge in [-0.1, -0.05) is 11.6 Å². The van der Waals surface area contributed by atoms with Gasteiger partial charge in [0.15, 0.2) is 23.2 Å². The number of pyridine rings is 1. The number of fused-ring (bicyclic) bond motifs is 1. The van der Waals surface area contributed by atoms with Crippen molar-refractivity contribution in [2.24, 2.45) is 0 Å². The number of ether oxygens (including phenoxy) is 1. The van der Waals surface area contributed by atoms with Gasteiger partial charge in [0.2, 0.25) is 0 Å². The lowest BCUT2D eigenvalue weighted by Gasteiger charge is -2.28. The number of hydrogen-bond acceptors (Lipinski definition) is 5. The minimum Gasteiger partial charge on any atom is -0.378 e. The van der Waals surface area contributed by atoms with E-state index in [1.165, 1.54) is 18.2 Å². The minimum atomic E-state index is -4.82. The van der Waals surface area contributed by atoms with Crippen molar-refractivity contribution in [2.45, 2.75) is 6.18 Å². The molecule has 2 heterocycles. The molecule has 3 aromatic carbocycles. The van der Waals surface area contributed by atoms with Crippen LogP contribution in [0.2, 0.25) is 5.02 Å². The van der Waals surface area contributed by atoms with E-state index in [1.54, 1.807) is 12.3 Å². The standard InChI is InChI=1S/C28H19ClF6N4O3/c29-19-3-2-16(11-18(19)28(33,34)35)37-27(41)38-22-12-20(30)24(31)23(25(22)32)26(40)14-1-4-21-15(9-14)10-17(13-36-21)39-5-7-42-8-6-39/h1-4,9-13H,5-8H2,(H2,37,38,41). The number of carbonyl (C=O) groups excluding carboxylic acids is 2. The van der Waals surface area contributed by atoms with Crippen LogP contribution < -0.4 is 15.5 Å². The van der Waals surface area contributed by atoms with Gasteiger partial charge in [0.1, 0.15) is 0 Å². The number of nitrogens with one attached hydrogen (secondary N) is 2. The number of aromatic nitrogens is 1. The summed E-state index contributed by atoms with van der Waals surface area (Å²) >= 11 is 5.56. The molecular formula is C28H19ClF6N4O3. The second-order valence-electron chi connectivity index (χ2n) is 9.21. The molecule has 1 fully saturated rings. The van der Waals surface area contributed by atoms with Crippen LogP contribution in [-0.2, 0) is 10.9 Å². The number of alkyl halides is 3. The normalized spacial score (nSPS) is 13.7. The fraction of sp³-hybridized carbons (Fsp3) is 0.179. The molecule has 218 valence electrons. The quantitative estimate of drug-likeness (QED) is 0.144. The van der Waals surface area contributed by atoms with Gasteiger partial charge in [-0.2, -0.15) is 13.2 Å². The van der Waals surface area contributed by atoms with Crippen LogP contribution in [0.25, 0.3) is 10.9 Å². The molecule has 7 nitrogen and oxygen atoms in total. The van der Waals surface area contributed by atoms with Crippen molar-refractivity contribution in [1.29, 1.82) is 0 Å². The summed E-state index contributed by atoms with van der Waals surface area (Å²) in [5, 5.41) is 3.79. The van der Waals surface area contributed by atoms with E-state index in [-0.39, 0.29) is 11.3 Å². The zero-order valence-electron chi connectivity index (χ0n) is 21.3. The van der Waals surface area contributed by atoms with E-state index in [4.69, 9.17) is 16.3 Å². The van der Waals surface area contributed by atoms with Crippen LogP contribution in [-0.4, -0.2) is 43.1 Å². The van der Waals surface area contributed by atoms with Crippen LogP contribution >= 0.6 is 11.6 Å². The molecule has 1 saturated heterocycles. The monoisotopic (exact) mass is 608 g/mol. The summed E-state index contributed by atoms with van der Waals surface area (Å²) < 4.78 is 89.3. The zero-order valence-corrected chi connectivity index (χ0v) is 22.0. The molecule has 0 aliphatic carbocycles. The van der Waals surface area contributed by atoms with Gasteiger partial charge in [0.25, 0.3) is 0 Å². The predicted octanol–water partition coefficient (Wildman–Crippen LogP) is 7.04. The summed E-state index contributed by atoms with van der Waals surface area (Å²) in [4.78, 5) is 32.0. The summed E-state index contributed by atoms with van der Waals surface area (Å²) in [6.07, 6.45) is -3.17. The van der Waals surface area contributed by atoms with Crippen LogP contribution in [0, 0.1) is 17.5 Å². The minimum absolute atomic E-state index is 0.178. The zero-order chi connectivity index (χ0) is 30.2. The highest BCUT2D eigenvalue weighted by atomic mass is 35.5. The van der Waals surface area contributed by atoms with Crippen molar-refractivity contribution in [3.8, 4) is 0 Å². The van der Waals surface area contributed by atoms with Gasteiger partial charge in [-0.25, -0.2) is 18.0 Å². The Morgan fingerprint density at radius 3 is 2.38 bits per heavy atom. The summed E-state index contributed by atoms with van der Waals surface area (Å²) in [6.45, 7) is 2.29. The molecule has 1 aliphatic rings. The molecule has 0 spiro atoms. The second-order valence-corrected chi connectivity index (χ2v) is 9.62. The van der Waals surface area contributed by atoms with Crippen LogP contribution in [0.5, 0.6) is 0 Å². The summed E-state index contributed by atoms with van der Waals surface area (Å²) in [5.74, 6) is -6.21. The van der Waals surface area contributed by atoms with E-state index in [0.717, 1.165) is 17.8 Å². The molecular weight excluding hydrogens is 590 g/mol. The van der Waals surface area contributed by atoms with Crippen molar-refractivity contribution in [3.05, 3.63) is 93.9 Å². The molecule has 0 saturated carbocycles. The molecule has 0 atom stereocenters. The number of morpholine rings is 1. The fourth-order valence-electron chi connectivity index (χ4n) is 4.40. The highest BCUT2D eigenvalue weighted by Gasteiger charge is 2.33. The predicted molar refractivity (Wildman–Crippen MR) is 144 cm³/mol. The lowest BCUT2D eigenvalue weighted by atomic mass is 9.99. The molecule has 5 rings (SSSR count). The van der Waals surface area contributed by atoms with Gasteiger partial charge in [-0.3, -0.25) is 9.78 Å². The number of carbonyl (C=O) groups is 2. The number of rotatable bonds is 5. The third kappa shape index (κ3) is 5.97. The maximum atomic E-state index is 15.4. The second kappa shape index (κ2) is 11.5. The van der Waals surface area contributed by atoms with E-state index in [9.17, 15) is 31.5 Å². The average molecular weight is 609 g/mol. The van der Waals surface area contributed by atoms with E-state index < -0.39 is 57.3 Å². The van der Waals surface area contributed by atoms with Crippen molar-refractivity contribution >= 4 is 51.4 Å². The highest BCUT2D eigenvalue weighted by Crippen LogP contribution is 2.36. The lowest BCUT2D eigenvalue weighted by molar-refractivity contribution is -0.137. The maximum Gasteiger partial charge on any atom is 0.417 e. The maximum absolute atomic E-state index is 15.4. The van der Waals surface area contributed by atoms with E-state index in [2.05, 4.69) is 4.98 Å². The molecule has 4 aromatic rings. The number of anilines is 3. The first-order chi connectivity index (χ1) is 19.9. The Hall–Kier alpha value is -4.36. The van der Waals surface area contributed by atoms with Crippen LogP contribution in [0.15, 0.2) is 54.7 Å². The van der Waals surface area contributed by atoms with Gasteiger partial charge in [-0.15, -0.1) is 0 Å². The number of halogens is 7. The van der Waals surface area contributed by atoms with Crippen molar-refractivity contribution < 1.29 is 40.7 Å². The van der Waals surface area contributed by atoms with Crippen LogP contribution in [0.3, 0.4) is 0 Å². The van der Waals surface area contributed by atoms with E-state index >= 15 is 4.39 Å². The van der Waals surface area contributed by atoms with Crippen LogP contribution in [0.4, 0.5) is 48.2 Å². The van der Waals surface area contributed by atoms with Gasteiger partial charge < -0.3 is 20.3 Å². The highest BCUT2D eigenvalue weighted by molar-refractivity contribution is 6.31. The topological polar surface area (TPSA) is 83.6 Å². The average Bonchev–Trinajstić information content (AvgIpc) is 2.96. The third-order valence-electron chi connectivity index (χ3n) is 6.47. The molecule has 2 N–H and O–H groups in total. The fourth-order valence-corrected chi connectivity index (χ4v) is 4.62. The Morgan fingerprint density at radius 1 is 0.929 bits per heavy atom. The molecule has 0 radical (unpaired) electrons. The van der Waals surface area contributed by atoms with Crippen molar-refractivity contribution in [2.75, 3.05) is 41.8 Å². The lowest BCUT2D eigenvalue weighted by Crippen LogP contribution is -2.36. The summed E-state index contributed by atoms with van der Waals surface area (Å²) in [7, 11) is 0. The molecule has 0 unspecified atom stereocenters. The Labute approximate surface area is 239 Å².